The molecule has 2 N–H and O–H groups in total. The van der Waals surface area contributed by atoms with E-state index in [0.717, 1.165) is 11.4 Å². The Morgan fingerprint density at radius 2 is 2.09 bits per heavy atom. The van der Waals surface area contributed by atoms with Crippen molar-refractivity contribution in [3.05, 3.63) is 51.5 Å². The third-order valence-corrected chi connectivity index (χ3v) is 4.40. The van der Waals surface area contributed by atoms with Crippen molar-refractivity contribution in [2.24, 2.45) is 0 Å². The lowest BCUT2D eigenvalue weighted by Crippen LogP contribution is -2.23. The molecule has 0 saturated heterocycles. The summed E-state index contributed by atoms with van der Waals surface area (Å²) >= 11 is 1.59. The first-order valence-corrected chi connectivity index (χ1v) is 7.93. The fraction of sp³-hybridized carbons (Fsp3) is 0.312. The van der Waals surface area contributed by atoms with Crippen LogP contribution in [0.25, 0.3) is 0 Å². The maximum Gasteiger partial charge on any atom is 0.335 e. The van der Waals surface area contributed by atoms with Gasteiger partial charge in [0, 0.05) is 17.5 Å². The number of hydrogen-bond acceptors (Lipinski definition) is 4. The summed E-state index contributed by atoms with van der Waals surface area (Å²) in [6.07, 6.45) is 3.44. The Morgan fingerprint density at radius 3 is 2.77 bits per heavy atom. The normalized spacial score (nSPS) is 10.4. The van der Waals surface area contributed by atoms with Gasteiger partial charge < -0.3 is 10.4 Å². The van der Waals surface area contributed by atoms with Crippen molar-refractivity contribution in [3.8, 4) is 0 Å². The lowest BCUT2D eigenvalue weighted by atomic mass is 10.0. The lowest BCUT2D eigenvalue weighted by molar-refractivity contribution is -0.121. The molecule has 0 saturated carbocycles. The summed E-state index contributed by atoms with van der Waals surface area (Å²) < 4.78 is 0. The first-order valence-electron chi connectivity index (χ1n) is 7.11. The van der Waals surface area contributed by atoms with Crippen LogP contribution in [0.1, 0.15) is 39.2 Å². The molecule has 0 aliphatic carbocycles. The van der Waals surface area contributed by atoms with E-state index in [1.165, 1.54) is 4.88 Å². The molecule has 0 unspecified atom stereocenters. The number of aromatic nitrogens is 1. The molecule has 0 spiro atoms. The van der Waals surface area contributed by atoms with E-state index in [1.807, 2.05) is 6.20 Å². The lowest BCUT2D eigenvalue weighted by Gasteiger charge is -2.06. The maximum absolute atomic E-state index is 11.9. The number of carboxylic acid groups (broad SMARTS) is 1. The zero-order valence-corrected chi connectivity index (χ0v) is 13.2. The first-order chi connectivity index (χ1) is 10.6. The fourth-order valence-corrected chi connectivity index (χ4v) is 2.85. The van der Waals surface area contributed by atoms with Gasteiger partial charge in [-0.2, -0.15) is 0 Å². The predicted molar refractivity (Wildman–Crippen MR) is 85.1 cm³/mol. The molecule has 0 fully saturated rings. The Kier molecular flexibility index (Phi) is 5.66. The van der Waals surface area contributed by atoms with Gasteiger partial charge in [-0.05, 0) is 24.5 Å². The van der Waals surface area contributed by atoms with Gasteiger partial charge in [0.1, 0.15) is 5.01 Å². The van der Waals surface area contributed by atoms with E-state index in [-0.39, 0.29) is 17.9 Å². The molecule has 0 radical (unpaired) electrons. The largest absolute Gasteiger partial charge is 0.478 e. The summed E-state index contributed by atoms with van der Waals surface area (Å²) in [5.74, 6) is -1.07. The molecule has 0 aliphatic rings. The standard InChI is InChI=1S/C16H18N2O3S/c1-2-12-9-18-15(22-12)10-17-14(19)8-7-11-5-3-4-6-13(11)16(20)21/h3-6,9H,2,7-8,10H2,1H3,(H,17,19)(H,20,21). The highest BCUT2D eigenvalue weighted by Gasteiger charge is 2.11. The Balaban J connectivity index is 1.84. The van der Waals surface area contributed by atoms with Gasteiger partial charge in [-0.15, -0.1) is 11.3 Å². The molecule has 1 heterocycles. The minimum Gasteiger partial charge on any atom is -0.478 e. The van der Waals surface area contributed by atoms with Crippen LogP contribution in [0.2, 0.25) is 0 Å². The number of carboxylic acids is 1. The third kappa shape index (κ3) is 4.39. The number of carbonyl (C=O) groups is 2. The van der Waals surface area contributed by atoms with E-state index in [0.29, 0.717) is 18.5 Å². The van der Waals surface area contributed by atoms with Gasteiger partial charge in [0.25, 0.3) is 0 Å². The molecule has 2 aromatic rings. The molecule has 0 aliphatic heterocycles. The Hall–Kier alpha value is -2.21. The molecule has 116 valence electrons. The van der Waals surface area contributed by atoms with Gasteiger partial charge >= 0.3 is 5.97 Å². The predicted octanol–water partition coefficient (Wildman–Crippen LogP) is 2.65. The fourth-order valence-electron chi connectivity index (χ4n) is 2.05. The van der Waals surface area contributed by atoms with Crippen LogP contribution < -0.4 is 5.32 Å². The second-order valence-electron chi connectivity index (χ2n) is 4.81. The van der Waals surface area contributed by atoms with Crippen molar-refractivity contribution in [3.63, 3.8) is 0 Å². The Labute approximate surface area is 133 Å². The zero-order chi connectivity index (χ0) is 15.9. The smallest absolute Gasteiger partial charge is 0.335 e. The molecule has 1 amide bonds. The molecule has 6 heteroatoms. The van der Waals surface area contributed by atoms with Crippen LogP contribution in [0.3, 0.4) is 0 Å². The summed E-state index contributed by atoms with van der Waals surface area (Å²) in [7, 11) is 0. The topological polar surface area (TPSA) is 79.3 Å². The van der Waals surface area contributed by atoms with Gasteiger partial charge in [0.15, 0.2) is 0 Å². The number of carbonyl (C=O) groups excluding carboxylic acids is 1. The van der Waals surface area contributed by atoms with Crippen LogP contribution in [-0.4, -0.2) is 22.0 Å². The number of amides is 1. The molecule has 22 heavy (non-hydrogen) atoms. The molecular weight excluding hydrogens is 300 g/mol. The second kappa shape index (κ2) is 7.70. The third-order valence-electron chi connectivity index (χ3n) is 3.26. The van der Waals surface area contributed by atoms with E-state index in [2.05, 4.69) is 17.2 Å². The highest BCUT2D eigenvalue weighted by Crippen LogP contribution is 2.13. The highest BCUT2D eigenvalue weighted by atomic mass is 32.1. The molecule has 1 aromatic carbocycles. The molecule has 0 bridgehead atoms. The van der Waals surface area contributed by atoms with E-state index in [4.69, 9.17) is 5.11 Å². The van der Waals surface area contributed by atoms with E-state index in [1.54, 1.807) is 35.6 Å². The Bertz CT molecular complexity index is 667. The minimum absolute atomic E-state index is 0.103. The van der Waals surface area contributed by atoms with Crippen LogP contribution in [0.4, 0.5) is 0 Å². The summed E-state index contributed by atoms with van der Waals surface area (Å²) in [6, 6.07) is 6.75. The number of nitrogens with zero attached hydrogens (tertiary/aromatic N) is 1. The van der Waals surface area contributed by atoms with E-state index >= 15 is 0 Å². The number of aromatic carboxylic acids is 1. The second-order valence-corrected chi connectivity index (χ2v) is 6.01. The SMILES string of the molecule is CCc1cnc(CNC(=O)CCc2ccccc2C(=O)O)s1. The summed E-state index contributed by atoms with van der Waals surface area (Å²) in [5, 5.41) is 12.8. The monoisotopic (exact) mass is 318 g/mol. The van der Waals surface area contributed by atoms with Crippen LogP contribution in [-0.2, 0) is 24.2 Å². The Morgan fingerprint density at radius 1 is 1.32 bits per heavy atom. The quantitative estimate of drug-likeness (QED) is 0.822. The summed E-state index contributed by atoms with van der Waals surface area (Å²) in [6.45, 7) is 2.49. The van der Waals surface area contributed by atoms with Crippen molar-refractivity contribution < 1.29 is 14.7 Å². The van der Waals surface area contributed by atoms with E-state index < -0.39 is 5.97 Å². The van der Waals surface area contributed by atoms with Gasteiger partial charge in [0.2, 0.25) is 5.91 Å². The molecule has 1 aromatic heterocycles. The van der Waals surface area contributed by atoms with Gasteiger partial charge in [0.05, 0.1) is 12.1 Å². The van der Waals surface area contributed by atoms with Crippen molar-refractivity contribution >= 4 is 23.2 Å². The van der Waals surface area contributed by atoms with E-state index in [9.17, 15) is 9.59 Å². The van der Waals surface area contributed by atoms with Crippen LogP contribution in [0, 0.1) is 0 Å². The average Bonchev–Trinajstić information content (AvgIpc) is 2.99. The van der Waals surface area contributed by atoms with Crippen molar-refractivity contribution in [1.82, 2.24) is 10.3 Å². The summed E-state index contributed by atoms with van der Waals surface area (Å²) in [4.78, 5) is 28.4. The maximum atomic E-state index is 11.9. The minimum atomic E-state index is -0.967. The molecule has 0 atom stereocenters. The molecule has 2 rings (SSSR count). The zero-order valence-electron chi connectivity index (χ0n) is 12.3. The van der Waals surface area contributed by atoms with Crippen molar-refractivity contribution in [1.29, 1.82) is 0 Å². The number of hydrogen-bond donors (Lipinski definition) is 2. The van der Waals surface area contributed by atoms with Gasteiger partial charge in [-0.3, -0.25) is 4.79 Å². The number of thiazole rings is 1. The number of aryl methyl sites for hydroxylation is 2. The first kappa shape index (κ1) is 16.2. The van der Waals surface area contributed by atoms with Gasteiger partial charge in [-0.25, -0.2) is 9.78 Å². The number of benzene rings is 1. The van der Waals surface area contributed by atoms with Crippen molar-refractivity contribution in [2.75, 3.05) is 0 Å². The van der Waals surface area contributed by atoms with Crippen molar-refractivity contribution in [2.45, 2.75) is 32.7 Å². The number of rotatable bonds is 7. The van der Waals surface area contributed by atoms with Crippen LogP contribution in [0.5, 0.6) is 0 Å². The van der Waals surface area contributed by atoms with Crippen LogP contribution in [0.15, 0.2) is 30.5 Å². The number of nitrogens with one attached hydrogen (secondary N) is 1. The van der Waals surface area contributed by atoms with Crippen LogP contribution >= 0.6 is 11.3 Å². The molecule has 5 nitrogen and oxygen atoms in total. The summed E-state index contributed by atoms with van der Waals surface area (Å²) in [5.41, 5.74) is 0.926. The highest BCUT2D eigenvalue weighted by molar-refractivity contribution is 7.11. The van der Waals surface area contributed by atoms with Gasteiger partial charge in [-0.1, -0.05) is 25.1 Å². The molecular formula is C16H18N2O3S. The average molecular weight is 318 g/mol.